The van der Waals surface area contributed by atoms with E-state index < -0.39 is 0 Å². The lowest BCUT2D eigenvalue weighted by molar-refractivity contribution is 0.0965. The van der Waals surface area contributed by atoms with Crippen molar-refractivity contribution < 1.29 is 9.53 Å². The van der Waals surface area contributed by atoms with E-state index in [0.29, 0.717) is 24.4 Å². The van der Waals surface area contributed by atoms with Crippen LogP contribution in [0.4, 0.5) is 0 Å². The summed E-state index contributed by atoms with van der Waals surface area (Å²) < 4.78 is 6.87. The first-order valence-electron chi connectivity index (χ1n) is 6.57. The summed E-state index contributed by atoms with van der Waals surface area (Å²) in [6.45, 7) is 3.37. The molecule has 0 bridgehead atoms. The van der Waals surface area contributed by atoms with Crippen molar-refractivity contribution in [3.63, 3.8) is 0 Å². The Bertz CT molecular complexity index is 353. The first-order valence-corrected chi connectivity index (χ1v) is 6.57. The second kappa shape index (κ2) is 7.87. The number of carbonyl (C=O) groups is 1. The van der Waals surface area contributed by atoms with Gasteiger partial charge in [0.2, 0.25) is 0 Å². The molecule has 2 N–H and O–H groups in total. The largest absolute Gasteiger partial charge is 0.493 e. The Kier molecular flexibility index (Phi) is 6.43. The molecule has 1 aromatic heterocycles. The van der Waals surface area contributed by atoms with E-state index in [1.165, 1.54) is 0 Å². The summed E-state index contributed by atoms with van der Waals surface area (Å²) in [6.07, 6.45) is 6.22. The zero-order chi connectivity index (χ0) is 13.4. The third kappa shape index (κ3) is 3.84. The molecule has 0 unspecified atom stereocenters. The number of Topliss-reactive ketones (excluding diaryl/α,β-unsaturated/α-hetero) is 1. The minimum absolute atomic E-state index is 0.110. The highest BCUT2D eigenvalue weighted by Crippen LogP contribution is 2.20. The monoisotopic (exact) mass is 253 g/mol. The summed E-state index contributed by atoms with van der Waals surface area (Å²) in [5.74, 6) is 0.683. The van der Waals surface area contributed by atoms with Crippen LogP contribution in [0.3, 0.4) is 0 Å². The van der Waals surface area contributed by atoms with Crippen molar-refractivity contribution in [3.8, 4) is 5.75 Å². The maximum Gasteiger partial charge on any atom is 0.184 e. The van der Waals surface area contributed by atoms with E-state index in [0.717, 1.165) is 32.2 Å². The van der Waals surface area contributed by atoms with Crippen molar-refractivity contribution in [2.45, 2.75) is 45.6 Å². The van der Waals surface area contributed by atoms with Gasteiger partial charge in [0.15, 0.2) is 11.5 Å². The molecular weight excluding hydrogens is 230 g/mol. The van der Waals surface area contributed by atoms with Crippen LogP contribution >= 0.6 is 0 Å². The first kappa shape index (κ1) is 14.7. The van der Waals surface area contributed by atoms with Gasteiger partial charge in [-0.2, -0.15) is 5.10 Å². The number of unbranched alkanes of at least 4 members (excludes halogenated alkanes) is 3. The highest BCUT2D eigenvalue weighted by molar-refractivity contribution is 5.96. The van der Waals surface area contributed by atoms with E-state index in [9.17, 15) is 4.79 Å². The van der Waals surface area contributed by atoms with Crippen molar-refractivity contribution in [2.75, 3.05) is 13.7 Å². The van der Waals surface area contributed by atoms with Gasteiger partial charge in [0.25, 0.3) is 0 Å². The molecule has 102 valence electrons. The van der Waals surface area contributed by atoms with E-state index >= 15 is 0 Å². The molecule has 18 heavy (non-hydrogen) atoms. The van der Waals surface area contributed by atoms with Crippen LogP contribution in [-0.4, -0.2) is 29.2 Å². The van der Waals surface area contributed by atoms with Gasteiger partial charge in [0, 0.05) is 13.0 Å². The summed E-state index contributed by atoms with van der Waals surface area (Å²) in [5.41, 5.74) is 6.02. The highest BCUT2D eigenvalue weighted by atomic mass is 16.5. The van der Waals surface area contributed by atoms with Gasteiger partial charge >= 0.3 is 0 Å². The third-order valence-corrected chi connectivity index (χ3v) is 2.95. The van der Waals surface area contributed by atoms with Crippen LogP contribution in [0, 0.1) is 0 Å². The van der Waals surface area contributed by atoms with Gasteiger partial charge in [-0.3, -0.25) is 9.48 Å². The Morgan fingerprint density at radius 1 is 1.39 bits per heavy atom. The van der Waals surface area contributed by atoms with E-state index in [2.05, 4.69) is 5.10 Å². The van der Waals surface area contributed by atoms with E-state index in [4.69, 9.17) is 10.5 Å². The Morgan fingerprint density at radius 3 is 2.72 bits per heavy atom. The van der Waals surface area contributed by atoms with Crippen LogP contribution in [-0.2, 0) is 6.54 Å². The fraction of sp³-hybridized carbons (Fsp3) is 0.692. The van der Waals surface area contributed by atoms with E-state index in [1.807, 2.05) is 6.92 Å². The molecule has 0 aromatic carbocycles. The topological polar surface area (TPSA) is 70.1 Å². The molecule has 1 aromatic rings. The molecule has 0 atom stereocenters. The average Bonchev–Trinajstić information content (AvgIpc) is 2.81. The fourth-order valence-corrected chi connectivity index (χ4v) is 1.94. The molecule has 1 rings (SSSR count). The van der Waals surface area contributed by atoms with Gasteiger partial charge in [-0.15, -0.1) is 0 Å². The Balaban J connectivity index is 2.52. The second-order valence-electron chi connectivity index (χ2n) is 4.25. The summed E-state index contributed by atoms with van der Waals surface area (Å²) >= 11 is 0. The van der Waals surface area contributed by atoms with Crippen LogP contribution in [0.25, 0.3) is 0 Å². The SMILES string of the molecule is CCn1ncc(OC)c1C(=O)CCCCCCN. The predicted octanol–water partition coefficient (Wildman–Crippen LogP) is 2.00. The Hall–Kier alpha value is -1.36. The van der Waals surface area contributed by atoms with Gasteiger partial charge in [-0.05, 0) is 26.3 Å². The molecule has 5 heteroatoms. The number of hydrogen-bond acceptors (Lipinski definition) is 4. The molecule has 0 aliphatic carbocycles. The Morgan fingerprint density at radius 2 is 2.11 bits per heavy atom. The fourth-order valence-electron chi connectivity index (χ4n) is 1.94. The predicted molar refractivity (Wildman–Crippen MR) is 70.9 cm³/mol. The number of ketones is 1. The number of carbonyl (C=O) groups excluding carboxylic acids is 1. The smallest absolute Gasteiger partial charge is 0.184 e. The molecule has 0 aliphatic rings. The maximum atomic E-state index is 12.1. The van der Waals surface area contributed by atoms with Crippen LogP contribution in [0.15, 0.2) is 6.20 Å². The molecule has 5 nitrogen and oxygen atoms in total. The minimum Gasteiger partial charge on any atom is -0.493 e. The lowest BCUT2D eigenvalue weighted by Gasteiger charge is -2.06. The first-order chi connectivity index (χ1) is 8.74. The molecule has 0 saturated heterocycles. The van der Waals surface area contributed by atoms with Crippen molar-refractivity contribution >= 4 is 5.78 Å². The van der Waals surface area contributed by atoms with Gasteiger partial charge in [-0.1, -0.05) is 12.8 Å². The summed E-state index contributed by atoms with van der Waals surface area (Å²) in [5, 5.41) is 4.14. The average molecular weight is 253 g/mol. The zero-order valence-corrected chi connectivity index (χ0v) is 11.3. The third-order valence-electron chi connectivity index (χ3n) is 2.95. The Labute approximate surface area is 108 Å². The van der Waals surface area contributed by atoms with Crippen LogP contribution in [0.2, 0.25) is 0 Å². The standard InChI is InChI=1S/C13H23N3O2/c1-3-16-13(12(18-2)10-15-16)11(17)8-6-4-5-7-9-14/h10H,3-9,14H2,1-2H3. The number of nitrogens with zero attached hydrogens (tertiary/aromatic N) is 2. The number of aryl methyl sites for hydroxylation is 1. The molecule has 0 aliphatic heterocycles. The van der Waals surface area contributed by atoms with E-state index in [1.54, 1.807) is 18.0 Å². The highest BCUT2D eigenvalue weighted by Gasteiger charge is 2.17. The second-order valence-corrected chi connectivity index (χ2v) is 4.25. The van der Waals surface area contributed by atoms with Crippen LogP contribution in [0.1, 0.15) is 49.5 Å². The molecule has 0 fully saturated rings. The van der Waals surface area contributed by atoms with Crippen molar-refractivity contribution in [2.24, 2.45) is 5.73 Å². The summed E-state index contributed by atoms with van der Waals surface area (Å²) in [7, 11) is 1.56. The molecule has 0 spiro atoms. The summed E-state index contributed by atoms with van der Waals surface area (Å²) in [4.78, 5) is 12.1. The van der Waals surface area contributed by atoms with Crippen molar-refractivity contribution in [1.82, 2.24) is 9.78 Å². The number of rotatable bonds is 9. The molecular formula is C13H23N3O2. The lowest BCUT2D eigenvalue weighted by atomic mass is 10.1. The number of aromatic nitrogens is 2. The lowest BCUT2D eigenvalue weighted by Crippen LogP contribution is -2.10. The maximum absolute atomic E-state index is 12.1. The van der Waals surface area contributed by atoms with E-state index in [-0.39, 0.29) is 5.78 Å². The quantitative estimate of drug-likeness (QED) is 0.540. The number of nitrogens with two attached hydrogens (primary N) is 1. The molecule has 1 heterocycles. The van der Waals surface area contributed by atoms with Crippen molar-refractivity contribution in [1.29, 1.82) is 0 Å². The van der Waals surface area contributed by atoms with Gasteiger partial charge in [0.1, 0.15) is 5.69 Å². The van der Waals surface area contributed by atoms with Gasteiger partial charge in [0.05, 0.1) is 13.3 Å². The number of methoxy groups -OCH3 is 1. The van der Waals surface area contributed by atoms with Crippen LogP contribution < -0.4 is 10.5 Å². The zero-order valence-electron chi connectivity index (χ0n) is 11.3. The molecule has 0 radical (unpaired) electrons. The van der Waals surface area contributed by atoms with Gasteiger partial charge in [-0.25, -0.2) is 0 Å². The van der Waals surface area contributed by atoms with Gasteiger partial charge < -0.3 is 10.5 Å². The van der Waals surface area contributed by atoms with Crippen molar-refractivity contribution in [3.05, 3.63) is 11.9 Å². The number of ether oxygens (including phenoxy) is 1. The minimum atomic E-state index is 0.110. The molecule has 0 saturated carbocycles. The molecule has 0 amide bonds. The summed E-state index contributed by atoms with van der Waals surface area (Å²) in [6, 6.07) is 0. The number of hydrogen-bond donors (Lipinski definition) is 1. The normalized spacial score (nSPS) is 10.6. The van der Waals surface area contributed by atoms with Crippen LogP contribution in [0.5, 0.6) is 5.75 Å².